The van der Waals surface area contributed by atoms with Crippen LogP contribution >= 0.6 is 0 Å². The van der Waals surface area contributed by atoms with Gasteiger partial charge in [0.15, 0.2) is 11.5 Å². The Bertz CT molecular complexity index is 853. The maximum Gasteiger partial charge on any atom is 0.586 e. The summed E-state index contributed by atoms with van der Waals surface area (Å²) in [6.45, 7) is 2.28. The highest BCUT2D eigenvalue weighted by Gasteiger charge is 2.43. The topological polar surface area (TPSA) is 73.9 Å². The third-order valence-electron chi connectivity index (χ3n) is 3.10. The van der Waals surface area contributed by atoms with Gasteiger partial charge in [0.25, 0.3) is 10.0 Å². The molecule has 0 fully saturated rings. The predicted molar refractivity (Wildman–Crippen MR) is 81.1 cm³/mol. The van der Waals surface area contributed by atoms with Gasteiger partial charge in [-0.15, -0.1) is 8.78 Å². The van der Waals surface area contributed by atoms with Crippen LogP contribution in [0.5, 0.6) is 17.2 Å². The molecular formula is C15H13F2NO5S. The van der Waals surface area contributed by atoms with Gasteiger partial charge in [-0.1, -0.05) is 0 Å². The highest BCUT2D eigenvalue weighted by atomic mass is 32.2. The van der Waals surface area contributed by atoms with Gasteiger partial charge < -0.3 is 14.2 Å². The Balaban J connectivity index is 1.80. The molecule has 1 aliphatic heterocycles. The van der Waals surface area contributed by atoms with Crippen LogP contribution in [0, 0.1) is 0 Å². The lowest BCUT2D eigenvalue weighted by Crippen LogP contribution is -2.25. The Morgan fingerprint density at radius 2 is 1.75 bits per heavy atom. The monoisotopic (exact) mass is 357 g/mol. The standard InChI is InChI=1S/C15H13F2NO5S/c1-2-21-11-4-6-12(7-5-11)24(19,20)18-10-3-8-13-14(9-10)23-15(16,17)22-13/h3-9,18H,2H2,1H3. The van der Waals surface area contributed by atoms with Crippen molar-refractivity contribution in [1.82, 2.24) is 0 Å². The molecule has 9 heteroatoms. The third-order valence-corrected chi connectivity index (χ3v) is 4.50. The molecule has 2 aromatic rings. The van der Waals surface area contributed by atoms with E-state index < -0.39 is 16.3 Å². The summed E-state index contributed by atoms with van der Waals surface area (Å²) in [5.74, 6) is 0.137. The van der Waals surface area contributed by atoms with E-state index in [0.29, 0.717) is 12.4 Å². The summed E-state index contributed by atoms with van der Waals surface area (Å²) in [4.78, 5) is 0.00829. The van der Waals surface area contributed by atoms with Gasteiger partial charge in [-0.25, -0.2) is 8.42 Å². The Morgan fingerprint density at radius 3 is 2.42 bits per heavy atom. The van der Waals surface area contributed by atoms with Crippen molar-refractivity contribution in [3.63, 3.8) is 0 Å². The van der Waals surface area contributed by atoms with Gasteiger partial charge in [0.1, 0.15) is 5.75 Å². The minimum atomic E-state index is -3.88. The summed E-state index contributed by atoms with van der Waals surface area (Å²) in [5.41, 5.74) is 0.0731. The Kier molecular flexibility index (Phi) is 3.96. The summed E-state index contributed by atoms with van der Waals surface area (Å²) in [5, 5.41) is 0. The van der Waals surface area contributed by atoms with Gasteiger partial charge in [0, 0.05) is 6.07 Å². The van der Waals surface area contributed by atoms with E-state index in [0.717, 1.165) is 6.07 Å². The van der Waals surface area contributed by atoms with E-state index in [1.807, 2.05) is 6.92 Å². The SMILES string of the molecule is CCOc1ccc(S(=O)(=O)Nc2ccc3c(c2)OC(F)(F)O3)cc1. The van der Waals surface area contributed by atoms with Gasteiger partial charge >= 0.3 is 6.29 Å². The lowest BCUT2D eigenvalue weighted by molar-refractivity contribution is -0.286. The molecule has 24 heavy (non-hydrogen) atoms. The molecular weight excluding hydrogens is 344 g/mol. The first kappa shape index (κ1) is 16.3. The average molecular weight is 357 g/mol. The average Bonchev–Trinajstić information content (AvgIpc) is 2.81. The molecule has 0 spiro atoms. The Morgan fingerprint density at radius 1 is 1.08 bits per heavy atom. The number of halogens is 2. The predicted octanol–water partition coefficient (Wildman–Crippen LogP) is 3.21. The van der Waals surface area contributed by atoms with Crippen molar-refractivity contribution in [2.45, 2.75) is 18.1 Å². The summed E-state index contributed by atoms with van der Waals surface area (Å²) in [6, 6.07) is 9.45. The fourth-order valence-corrected chi connectivity index (χ4v) is 3.16. The lowest BCUT2D eigenvalue weighted by Gasteiger charge is -2.09. The molecule has 0 aromatic heterocycles. The molecule has 1 N–H and O–H groups in total. The van der Waals surface area contributed by atoms with Crippen LogP contribution in [0.2, 0.25) is 0 Å². The van der Waals surface area contributed by atoms with Gasteiger partial charge in [-0.05, 0) is 43.3 Å². The maximum absolute atomic E-state index is 13.0. The molecule has 0 saturated heterocycles. The van der Waals surface area contributed by atoms with E-state index in [2.05, 4.69) is 14.2 Å². The molecule has 0 aliphatic carbocycles. The first-order valence-corrected chi connectivity index (χ1v) is 8.43. The fraction of sp³-hybridized carbons (Fsp3) is 0.200. The van der Waals surface area contributed by atoms with Crippen LogP contribution in [0.1, 0.15) is 6.92 Å². The van der Waals surface area contributed by atoms with Gasteiger partial charge in [-0.2, -0.15) is 0 Å². The largest absolute Gasteiger partial charge is 0.586 e. The van der Waals surface area contributed by atoms with E-state index in [9.17, 15) is 17.2 Å². The molecule has 1 aliphatic rings. The van der Waals surface area contributed by atoms with E-state index in [4.69, 9.17) is 4.74 Å². The van der Waals surface area contributed by atoms with Crippen molar-refractivity contribution >= 4 is 15.7 Å². The molecule has 128 valence electrons. The zero-order chi connectivity index (χ0) is 17.4. The number of alkyl halides is 2. The summed E-state index contributed by atoms with van der Waals surface area (Å²) >= 11 is 0. The normalized spacial score (nSPS) is 15.1. The number of fused-ring (bicyclic) bond motifs is 1. The third kappa shape index (κ3) is 3.35. The second kappa shape index (κ2) is 5.82. The molecule has 0 atom stereocenters. The second-order valence-corrected chi connectivity index (χ2v) is 6.52. The molecule has 3 rings (SSSR count). The summed E-state index contributed by atoms with van der Waals surface area (Å²) in [7, 11) is -3.88. The van der Waals surface area contributed by atoms with Gasteiger partial charge in [-0.3, -0.25) is 4.72 Å². The Hall–Kier alpha value is -2.55. The van der Waals surface area contributed by atoms with Crippen molar-refractivity contribution in [2.24, 2.45) is 0 Å². The molecule has 0 radical (unpaired) electrons. The van der Waals surface area contributed by atoms with E-state index in [-0.39, 0.29) is 22.1 Å². The molecule has 0 bridgehead atoms. The van der Waals surface area contributed by atoms with Crippen LogP contribution in [0.4, 0.5) is 14.5 Å². The summed E-state index contributed by atoms with van der Waals surface area (Å²) < 4.78 is 66.7. The minimum absolute atomic E-state index is 0.00829. The quantitative estimate of drug-likeness (QED) is 0.889. The van der Waals surface area contributed by atoms with E-state index in [1.54, 1.807) is 0 Å². The second-order valence-electron chi connectivity index (χ2n) is 4.84. The van der Waals surface area contributed by atoms with Crippen LogP contribution < -0.4 is 18.9 Å². The van der Waals surface area contributed by atoms with E-state index >= 15 is 0 Å². The molecule has 0 saturated carbocycles. The number of rotatable bonds is 5. The number of hydrogen-bond donors (Lipinski definition) is 1. The number of hydrogen-bond acceptors (Lipinski definition) is 5. The number of ether oxygens (including phenoxy) is 3. The highest BCUT2D eigenvalue weighted by Crippen LogP contribution is 2.42. The zero-order valence-corrected chi connectivity index (χ0v) is 13.3. The molecule has 2 aromatic carbocycles. The van der Waals surface area contributed by atoms with Crippen molar-refractivity contribution in [3.8, 4) is 17.2 Å². The number of benzene rings is 2. The van der Waals surface area contributed by atoms with Crippen LogP contribution in [0.15, 0.2) is 47.4 Å². The van der Waals surface area contributed by atoms with Crippen LogP contribution in [0.25, 0.3) is 0 Å². The number of nitrogens with one attached hydrogen (secondary N) is 1. The molecule has 0 unspecified atom stereocenters. The first-order valence-electron chi connectivity index (χ1n) is 6.95. The number of sulfonamides is 1. The smallest absolute Gasteiger partial charge is 0.494 e. The highest BCUT2D eigenvalue weighted by molar-refractivity contribution is 7.92. The fourth-order valence-electron chi connectivity index (χ4n) is 2.11. The Labute approximate surface area is 137 Å². The lowest BCUT2D eigenvalue weighted by atomic mass is 10.3. The van der Waals surface area contributed by atoms with Crippen molar-refractivity contribution < 1.29 is 31.4 Å². The number of anilines is 1. The first-order chi connectivity index (χ1) is 11.3. The van der Waals surface area contributed by atoms with E-state index in [1.165, 1.54) is 36.4 Å². The van der Waals surface area contributed by atoms with Crippen LogP contribution in [0.3, 0.4) is 0 Å². The van der Waals surface area contributed by atoms with Crippen LogP contribution in [-0.2, 0) is 10.0 Å². The molecule has 1 heterocycles. The van der Waals surface area contributed by atoms with Crippen molar-refractivity contribution in [3.05, 3.63) is 42.5 Å². The van der Waals surface area contributed by atoms with Crippen molar-refractivity contribution in [1.29, 1.82) is 0 Å². The molecule has 6 nitrogen and oxygen atoms in total. The van der Waals surface area contributed by atoms with Gasteiger partial charge in [0.05, 0.1) is 17.2 Å². The van der Waals surface area contributed by atoms with Crippen LogP contribution in [-0.4, -0.2) is 21.3 Å². The molecule has 0 amide bonds. The van der Waals surface area contributed by atoms with Gasteiger partial charge in [0.2, 0.25) is 0 Å². The minimum Gasteiger partial charge on any atom is -0.494 e. The maximum atomic E-state index is 13.0. The van der Waals surface area contributed by atoms with Crippen molar-refractivity contribution in [2.75, 3.05) is 11.3 Å². The zero-order valence-electron chi connectivity index (χ0n) is 12.5. The summed E-state index contributed by atoms with van der Waals surface area (Å²) in [6.07, 6.45) is -3.76.